The number of oxazole rings is 1. The van der Waals surface area contributed by atoms with Gasteiger partial charge in [-0.1, -0.05) is 41.1 Å². The standard InChI is InChI=1S/C16H15BrN2O/c1-2-18-9-15-16(20-10-19-15)13-4-3-12-8-14(17)6-5-11(12)7-13/h3-8,10,18H,2,9H2,1H3. The lowest BCUT2D eigenvalue weighted by atomic mass is 10.0. The van der Waals surface area contributed by atoms with Gasteiger partial charge in [0, 0.05) is 16.6 Å². The molecular weight excluding hydrogens is 316 g/mol. The van der Waals surface area contributed by atoms with Gasteiger partial charge in [0.2, 0.25) is 0 Å². The second-order valence-electron chi connectivity index (χ2n) is 4.61. The molecule has 0 aliphatic heterocycles. The Bertz CT molecular complexity index is 736. The Morgan fingerprint density at radius 3 is 2.80 bits per heavy atom. The van der Waals surface area contributed by atoms with Gasteiger partial charge in [-0.15, -0.1) is 0 Å². The molecule has 102 valence electrons. The van der Waals surface area contributed by atoms with Crippen molar-refractivity contribution in [2.24, 2.45) is 0 Å². The van der Waals surface area contributed by atoms with Crippen LogP contribution in [0.1, 0.15) is 12.6 Å². The monoisotopic (exact) mass is 330 g/mol. The largest absolute Gasteiger partial charge is 0.443 e. The van der Waals surface area contributed by atoms with Crippen LogP contribution in [-0.4, -0.2) is 11.5 Å². The SMILES string of the molecule is CCNCc1ncoc1-c1ccc2cc(Br)ccc2c1. The Morgan fingerprint density at radius 2 is 1.95 bits per heavy atom. The number of aromatic nitrogens is 1. The van der Waals surface area contributed by atoms with Crippen LogP contribution in [0.15, 0.2) is 51.7 Å². The minimum Gasteiger partial charge on any atom is -0.443 e. The summed E-state index contributed by atoms with van der Waals surface area (Å²) in [4.78, 5) is 4.29. The van der Waals surface area contributed by atoms with Crippen LogP contribution in [0.5, 0.6) is 0 Å². The normalized spacial score (nSPS) is 11.1. The first-order chi connectivity index (χ1) is 9.78. The third-order valence-electron chi connectivity index (χ3n) is 3.25. The molecule has 0 fully saturated rings. The van der Waals surface area contributed by atoms with Crippen molar-refractivity contribution in [2.45, 2.75) is 13.5 Å². The molecule has 1 N–H and O–H groups in total. The quantitative estimate of drug-likeness (QED) is 0.772. The Balaban J connectivity index is 2.02. The van der Waals surface area contributed by atoms with Crippen molar-refractivity contribution in [3.8, 4) is 11.3 Å². The average Bonchev–Trinajstić information content (AvgIpc) is 2.93. The highest BCUT2D eigenvalue weighted by Gasteiger charge is 2.10. The molecule has 3 rings (SSSR count). The molecular formula is C16H15BrN2O. The van der Waals surface area contributed by atoms with E-state index < -0.39 is 0 Å². The van der Waals surface area contributed by atoms with Crippen molar-refractivity contribution in [3.63, 3.8) is 0 Å². The lowest BCUT2D eigenvalue weighted by Gasteiger charge is -2.04. The van der Waals surface area contributed by atoms with E-state index in [0.717, 1.165) is 34.6 Å². The van der Waals surface area contributed by atoms with Crippen molar-refractivity contribution in [3.05, 3.63) is 53.0 Å². The molecule has 0 bridgehead atoms. The topological polar surface area (TPSA) is 38.1 Å². The second kappa shape index (κ2) is 5.77. The number of rotatable bonds is 4. The molecule has 1 aromatic heterocycles. The summed E-state index contributed by atoms with van der Waals surface area (Å²) in [5.41, 5.74) is 2.01. The molecule has 0 saturated carbocycles. The van der Waals surface area contributed by atoms with Gasteiger partial charge in [0.15, 0.2) is 12.2 Å². The Hall–Kier alpha value is -1.65. The average molecular weight is 331 g/mol. The summed E-state index contributed by atoms with van der Waals surface area (Å²) in [5.74, 6) is 0.843. The summed E-state index contributed by atoms with van der Waals surface area (Å²) in [6.07, 6.45) is 1.51. The van der Waals surface area contributed by atoms with Gasteiger partial charge in [-0.2, -0.15) is 0 Å². The maximum absolute atomic E-state index is 5.56. The molecule has 0 spiro atoms. The number of fused-ring (bicyclic) bond motifs is 1. The summed E-state index contributed by atoms with van der Waals surface area (Å²) < 4.78 is 6.65. The summed E-state index contributed by atoms with van der Waals surface area (Å²) in [6, 6.07) is 12.6. The van der Waals surface area contributed by atoms with E-state index in [1.54, 1.807) is 0 Å². The maximum Gasteiger partial charge on any atom is 0.181 e. The van der Waals surface area contributed by atoms with Gasteiger partial charge in [-0.05, 0) is 35.5 Å². The van der Waals surface area contributed by atoms with Gasteiger partial charge >= 0.3 is 0 Å². The van der Waals surface area contributed by atoms with Gasteiger partial charge in [-0.25, -0.2) is 4.98 Å². The fourth-order valence-corrected chi connectivity index (χ4v) is 2.61. The third-order valence-corrected chi connectivity index (χ3v) is 3.74. The van der Waals surface area contributed by atoms with Crippen molar-refractivity contribution in [1.82, 2.24) is 10.3 Å². The Morgan fingerprint density at radius 1 is 1.15 bits per heavy atom. The van der Waals surface area contributed by atoms with Crippen molar-refractivity contribution in [2.75, 3.05) is 6.54 Å². The minimum atomic E-state index is 0.723. The smallest absolute Gasteiger partial charge is 0.181 e. The first kappa shape index (κ1) is 13.3. The molecule has 0 unspecified atom stereocenters. The van der Waals surface area contributed by atoms with E-state index in [9.17, 15) is 0 Å². The summed E-state index contributed by atoms with van der Waals surface area (Å²) in [7, 11) is 0. The van der Waals surface area contributed by atoms with Crippen LogP contribution in [0.2, 0.25) is 0 Å². The molecule has 0 atom stereocenters. The second-order valence-corrected chi connectivity index (χ2v) is 5.53. The van der Waals surface area contributed by atoms with Crippen LogP contribution >= 0.6 is 15.9 Å². The van der Waals surface area contributed by atoms with Crippen LogP contribution in [0.25, 0.3) is 22.1 Å². The highest BCUT2D eigenvalue weighted by atomic mass is 79.9. The molecule has 0 radical (unpaired) electrons. The lowest BCUT2D eigenvalue weighted by Crippen LogP contribution is -2.12. The number of nitrogens with one attached hydrogen (secondary N) is 1. The first-order valence-corrected chi connectivity index (χ1v) is 7.40. The van der Waals surface area contributed by atoms with Crippen molar-refractivity contribution < 1.29 is 4.42 Å². The van der Waals surface area contributed by atoms with E-state index in [4.69, 9.17) is 4.42 Å². The zero-order valence-electron chi connectivity index (χ0n) is 11.2. The predicted octanol–water partition coefficient (Wildman–Crippen LogP) is 4.37. The molecule has 4 heteroatoms. The van der Waals surface area contributed by atoms with E-state index in [0.29, 0.717) is 0 Å². The third kappa shape index (κ3) is 2.62. The number of nitrogens with zero attached hydrogens (tertiary/aromatic N) is 1. The molecule has 0 aliphatic carbocycles. The van der Waals surface area contributed by atoms with E-state index >= 15 is 0 Å². The van der Waals surface area contributed by atoms with Gasteiger partial charge < -0.3 is 9.73 Å². The molecule has 0 aliphatic rings. The number of benzene rings is 2. The summed E-state index contributed by atoms with van der Waals surface area (Å²) >= 11 is 3.49. The molecule has 2 aromatic carbocycles. The maximum atomic E-state index is 5.56. The van der Waals surface area contributed by atoms with Crippen LogP contribution < -0.4 is 5.32 Å². The van der Waals surface area contributed by atoms with Crippen molar-refractivity contribution >= 4 is 26.7 Å². The van der Waals surface area contributed by atoms with Crippen molar-refractivity contribution in [1.29, 1.82) is 0 Å². The van der Waals surface area contributed by atoms with Gasteiger partial charge in [0.25, 0.3) is 0 Å². The Labute approximate surface area is 126 Å². The van der Waals surface area contributed by atoms with Gasteiger partial charge in [0.05, 0.1) is 0 Å². The van der Waals surface area contributed by atoms with Crippen LogP contribution in [0, 0.1) is 0 Å². The van der Waals surface area contributed by atoms with E-state index in [-0.39, 0.29) is 0 Å². The number of halogens is 1. The van der Waals surface area contributed by atoms with Crippen LogP contribution in [0.3, 0.4) is 0 Å². The highest BCUT2D eigenvalue weighted by molar-refractivity contribution is 9.10. The zero-order chi connectivity index (χ0) is 13.9. The molecule has 20 heavy (non-hydrogen) atoms. The van der Waals surface area contributed by atoms with Gasteiger partial charge in [0.1, 0.15) is 5.69 Å². The van der Waals surface area contributed by atoms with E-state index in [1.165, 1.54) is 17.2 Å². The van der Waals surface area contributed by atoms with Crippen LogP contribution in [-0.2, 0) is 6.54 Å². The van der Waals surface area contributed by atoms with Gasteiger partial charge in [-0.3, -0.25) is 0 Å². The predicted molar refractivity (Wildman–Crippen MR) is 84.5 cm³/mol. The highest BCUT2D eigenvalue weighted by Crippen LogP contribution is 2.28. The first-order valence-electron chi connectivity index (χ1n) is 6.60. The minimum absolute atomic E-state index is 0.723. The van der Waals surface area contributed by atoms with E-state index in [1.807, 2.05) is 6.07 Å². The lowest BCUT2D eigenvalue weighted by molar-refractivity contribution is 0.570. The molecule has 3 aromatic rings. The fraction of sp³-hybridized carbons (Fsp3) is 0.188. The number of hydrogen-bond acceptors (Lipinski definition) is 3. The Kier molecular flexibility index (Phi) is 3.85. The molecule has 3 nitrogen and oxygen atoms in total. The summed E-state index contributed by atoms with van der Waals surface area (Å²) in [5, 5.41) is 5.67. The fourth-order valence-electron chi connectivity index (χ4n) is 2.23. The number of hydrogen-bond donors (Lipinski definition) is 1. The molecule has 1 heterocycles. The summed E-state index contributed by atoms with van der Waals surface area (Å²) in [6.45, 7) is 3.71. The van der Waals surface area contributed by atoms with Crippen LogP contribution in [0.4, 0.5) is 0 Å². The molecule has 0 amide bonds. The molecule has 0 saturated heterocycles. The zero-order valence-corrected chi connectivity index (χ0v) is 12.8. The van der Waals surface area contributed by atoms with E-state index in [2.05, 4.69) is 63.5 Å².